The lowest BCUT2D eigenvalue weighted by atomic mass is 9.70. The molecule has 2 fully saturated rings. The summed E-state index contributed by atoms with van der Waals surface area (Å²) >= 11 is 0. The maximum absolute atomic E-state index is 11.8. The molecule has 0 amide bonds. The van der Waals surface area contributed by atoms with Gasteiger partial charge in [0.25, 0.3) is 0 Å². The topological polar surface area (TPSA) is 102 Å². The lowest BCUT2D eigenvalue weighted by Gasteiger charge is -2.37. The van der Waals surface area contributed by atoms with Gasteiger partial charge in [-0.3, -0.25) is 4.79 Å². The van der Waals surface area contributed by atoms with Gasteiger partial charge in [-0.15, -0.1) is 0 Å². The third-order valence-corrected chi connectivity index (χ3v) is 12.1. The molecule has 3 aromatic carbocycles. The van der Waals surface area contributed by atoms with E-state index in [0.29, 0.717) is 12.8 Å². The Morgan fingerprint density at radius 3 is 1.51 bits per heavy atom. The van der Waals surface area contributed by atoms with Crippen molar-refractivity contribution in [1.82, 2.24) is 0 Å². The summed E-state index contributed by atoms with van der Waals surface area (Å²) < 4.78 is 52.2. The summed E-state index contributed by atoms with van der Waals surface area (Å²) in [4.78, 5) is 15.3. The Kier molecular flexibility index (Phi) is 11.0. The molecular formula is C40H54O7S2. The molecule has 2 unspecified atom stereocenters. The van der Waals surface area contributed by atoms with Gasteiger partial charge in [0.2, 0.25) is 4.90 Å². The van der Waals surface area contributed by atoms with Crippen molar-refractivity contribution in [3.05, 3.63) is 72.8 Å². The molecule has 7 nitrogen and oxygen atoms in total. The Morgan fingerprint density at radius 2 is 1.18 bits per heavy atom. The standard InChI is InChI=1S/C30H39O3S.C10H16O4S/c1-28(2,3)31-22-20-25(32-29(4,5)6)27(26(21-22)33-30(7,8)9)34(23-16-12-10-13-17-23)24-18-14-11-15-19-24;1-9(2)7-3-4-10(9,8(11)5-7)6-15(12,13)14/h10-21H,1-9H3;7H,3-6H2,1-2H3,(H,12,13,14)/q+1;/p-1. The predicted octanol–water partition coefficient (Wildman–Crippen LogP) is 9.24. The number of hydrogen-bond acceptors (Lipinski definition) is 7. The number of hydrogen-bond donors (Lipinski definition) is 0. The van der Waals surface area contributed by atoms with E-state index in [1.807, 2.05) is 46.8 Å². The van der Waals surface area contributed by atoms with Crippen molar-refractivity contribution in [2.45, 2.75) is 127 Å². The monoisotopic (exact) mass is 710 g/mol. The Labute approximate surface area is 297 Å². The van der Waals surface area contributed by atoms with Crippen LogP contribution >= 0.6 is 0 Å². The van der Waals surface area contributed by atoms with Gasteiger partial charge >= 0.3 is 0 Å². The van der Waals surface area contributed by atoms with Gasteiger partial charge in [-0.1, -0.05) is 50.2 Å². The van der Waals surface area contributed by atoms with E-state index in [0.717, 1.165) is 28.6 Å². The van der Waals surface area contributed by atoms with Gasteiger partial charge in [-0.05, 0) is 111 Å². The Hall–Kier alpha value is -3.01. The van der Waals surface area contributed by atoms with Crippen molar-refractivity contribution in [3.8, 4) is 17.2 Å². The van der Waals surface area contributed by atoms with Crippen LogP contribution in [0.2, 0.25) is 0 Å². The number of benzene rings is 3. The minimum absolute atomic E-state index is 0.0248. The number of fused-ring (bicyclic) bond motifs is 2. The fraction of sp³-hybridized carbons (Fsp3) is 0.525. The molecule has 0 N–H and O–H groups in total. The highest BCUT2D eigenvalue weighted by Crippen LogP contribution is 2.64. The second-order valence-electron chi connectivity index (χ2n) is 16.7. The zero-order valence-corrected chi connectivity index (χ0v) is 32.6. The van der Waals surface area contributed by atoms with E-state index in [4.69, 9.17) is 14.2 Å². The zero-order chi connectivity index (χ0) is 36.6. The number of carbonyl (C=O) groups is 1. The molecule has 2 atom stereocenters. The van der Waals surface area contributed by atoms with E-state index in [9.17, 15) is 17.8 Å². The van der Waals surface area contributed by atoms with Crippen LogP contribution in [0.25, 0.3) is 0 Å². The minimum atomic E-state index is -4.33. The largest absolute Gasteiger partial charge is 0.748 e. The van der Waals surface area contributed by atoms with Crippen LogP contribution in [0.5, 0.6) is 17.2 Å². The molecule has 9 heteroatoms. The molecule has 0 aromatic heterocycles. The van der Waals surface area contributed by atoms with E-state index >= 15 is 0 Å². The van der Waals surface area contributed by atoms with E-state index in [-0.39, 0.29) is 22.7 Å². The van der Waals surface area contributed by atoms with Gasteiger partial charge in [0, 0.05) is 24.0 Å². The van der Waals surface area contributed by atoms with Crippen LogP contribution in [-0.2, 0) is 25.8 Å². The number of carbonyl (C=O) groups excluding carboxylic acids is 1. The Balaban J connectivity index is 0.000000299. The Bertz CT molecular complexity index is 1640. The third kappa shape index (κ3) is 9.62. The first-order chi connectivity index (χ1) is 22.4. The summed E-state index contributed by atoms with van der Waals surface area (Å²) in [6, 6.07) is 25.2. The molecular weight excluding hydrogens is 657 g/mol. The van der Waals surface area contributed by atoms with Gasteiger partial charge in [-0.2, -0.15) is 0 Å². The highest BCUT2D eigenvalue weighted by atomic mass is 32.2. The van der Waals surface area contributed by atoms with Crippen LogP contribution in [0.4, 0.5) is 0 Å². The lowest BCUT2D eigenvalue weighted by Crippen LogP contribution is -2.42. The first-order valence-electron chi connectivity index (χ1n) is 17.0. The SMILES string of the molecule is CC(C)(C)Oc1cc(OC(C)(C)C)c([S+](c2ccccc2)c2ccccc2)c(OC(C)(C)C)c1.CC1(C)C2CCC1(CS(=O)(=O)[O-])C(=O)C2. The first kappa shape index (κ1) is 38.8. The van der Waals surface area contributed by atoms with Gasteiger partial charge in [0.15, 0.2) is 21.3 Å². The molecule has 2 bridgehead atoms. The number of ether oxygens (including phenoxy) is 3. The Morgan fingerprint density at radius 1 is 0.755 bits per heavy atom. The summed E-state index contributed by atoms with van der Waals surface area (Å²) in [5.41, 5.74) is -2.35. The number of ketones is 1. The van der Waals surface area contributed by atoms with Crippen molar-refractivity contribution in [1.29, 1.82) is 0 Å². The molecule has 2 aliphatic rings. The molecule has 5 rings (SSSR count). The van der Waals surface area contributed by atoms with Crippen molar-refractivity contribution >= 4 is 26.8 Å². The molecule has 0 saturated heterocycles. The smallest absolute Gasteiger partial charge is 0.250 e. The third-order valence-electron chi connectivity index (χ3n) is 8.97. The average molecular weight is 711 g/mol. The fourth-order valence-electron chi connectivity index (χ4n) is 6.87. The quantitative estimate of drug-likeness (QED) is 0.170. The zero-order valence-electron chi connectivity index (χ0n) is 31.0. The molecule has 268 valence electrons. The highest BCUT2D eigenvalue weighted by molar-refractivity contribution is 7.97. The summed E-state index contributed by atoms with van der Waals surface area (Å²) in [6.07, 6.45) is 1.88. The van der Waals surface area contributed by atoms with Crippen LogP contribution in [-0.4, -0.2) is 41.3 Å². The molecule has 0 radical (unpaired) electrons. The van der Waals surface area contributed by atoms with Crippen LogP contribution in [0.3, 0.4) is 0 Å². The maximum Gasteiger partial charge on any atom is 0.250 e. The summed E-state index contributed by atoms with van der Waals surface area (Å²) in [7, 11) is -4.77. The summed E-state index contributed by atoms with van der Waals surface area (Å²) in [5, 5.41) is 0. The second-order valence-corrected chi connectivity index (χ2v) is 20.1. The predicted molar refractivity (Wildman–Crippen MR) is 196 cm³/mol. The van der Waals surface area contributed by atoms with Crippen molar-refractivity contribution in [3.63, 3.8) is 0 Å². The summed E-state index contributed by atoms with van der Waals surface area (Å²) in [5.74, 6) is 2.02. The van der Waals surface area contributed by atoms with E-state index in [1.54, 1.807) is 0 Å². The van der Waals surface area contributed by atoms with Crippen LogP contribution in [0.1, 0.15) is 95.4 Å². The maximum atomic E-state index is 11.8. The molecule has 2 saturated carbocycles. The van der Waals surface area contributed by atoms with E-state index < -0.39 is 43.4 Å². The van der Waals surface area contributed by atoms with Gasteiger partial charge < -0.3 is 18.8 Å². The van der Waals surface area contributed by atoms with Gasteiger partial charge in [0.05, 0.1) is 15.9 Å². The molecule has 0 aliphatic heterocycles. The highest BCUT2D eigenvalue weighted by Gasteiger charge is 2.64. The fourth-order valence-corrected chi connectivity index (χ4v) is 10.4. The van der Waals surface area contributed by atoms with Gasteiger partial charge in [-0.25, -0.2) is 8.42 Å². The van der Waals surface area contributed by atoms with Gasteiger partial charge in [0.1, 0.15) is 39.2 Å². The number of rotatable bonds is 8. The normalized spacial score (nSPS) is 20.5. The summed E-state index contributed by atoms with van der Waals surface area (Å²) in [6.45, 7) is 22.4. The average Bonchev–Trinajstić information content (AvgIpc) is 3.27. The van der Waals surface area contributed by atoms with Crippen molar-refractivity contribution < 1.29 is 32.0 Å². The van der Waals surface area contributed by atoms with Crippen LogP contribution in [0, 0.1) is 16.7 Å². The van der Waals surface area contributed by atoms with Crippen LogP contribution < -0.4 is 14.2 Å². The van der Waals surface area contributed by atoms with E-state index in [1.165, 1.54) is 9.79 Å². The molecule has 3 aromatic rings. The first-order valence-corrected chi connectivity index (χ1v) is 19.8. The van der Waals surface area contributed by atoms with Crippen LogP contribution in [0.15, 0.2) is 87.5 Å². The molecule has 49 heavy (non-hydrogen) atoms. The molecule has 2 aliphatic carbocycles. The van der Waals surface area contributed by atoms with Crippen molar-refractivity contribution in [2.24, 2.45) is 16.7 Å². The second kappa shape index (κ2) is 14.0. The molecule has 0 spiro atoms. The lowest BCUT2D eigenvalue weighted by molar-refractivity contribution is -0.128. The number of Topliss-reactive ketones (excluding diaryl/α,β-unsaturated/α-hetero) is 1. The molecule has 0 heterocycles. The van der Waals surface area contributed by atoms with E-state index in [2.05, 4.69) is 102 Å². The van der Waals surface area contributed by atoms with Crippen molar-refractivity contribution in [2.75, 3.05) is 5.75 Å². The minimum Gasteiger partial charge on any atom is -0.748 e.